The first-order valence-electron chi connectivity index (χ1n) is 5.04. The molecule has 92 valence electrons. The molecular weight excluding hydrogens is 222 g/mol. The Labute approximate surface area is 100.0 Å². The van der Waals surface area contributed by atoms with E-state index < -0.39 is 5.97 Å². The molecule has 0 aromatic rings. The molecule has 0 radical (unpaired) electrons. The van der Waals surface area contributed by atoms with E-state index in [1.807, 2.05) is 0 Å². The van der Waals surface area contributed by atoms with Crippen LogP contribution in [0.15, 0.2) is 35.1 Å². The first-order valence-corrected chi connectivity index (χ1v) is 5.04. The fourth-order valence-electron chi connectivity index (χ4n) is 1.80. The largest absolute Gasteiger partial charge is 0.480 e. The minimum Gasteiger partial charge on any atom is -0.480 e. The number of carbonyl (C=O) groups excluding carboxylic acids is 1. The van der Waals surface area contributed by atoms with Crippen LogP contribution >= 0.6 is 0 Å². The van der Waals surface area contributed by atoms with Crippen molar-refractivity contribution in [3.05, 3.63) is 35.1 Å². The smallest absolute Gasteiger partial charge is 0.345 e. The van der Waals surface area contributed by atoms with Crippen molar-refractivity contribution in [1.29, 1.82) is 0 Å². The molecule has 0 unspecified atom stereocenters. The lowest BCUT2D eigenvalue weighted by Gasteiger charge is -2.03. The summed E-state index contributed by atoms with van der Waals surface area (Å²) < 4.78 is 11.1. The van der Waals surface area contributed by atoms with Gasteiger partial charge in [-0.2, -0.15) is 4.58 Å². The Bertz CT molecular complexity index is 469. The van der Waals surface area contributed by atoms with Gasteiger partial charge in [0.15, 0.2) is 5.70 Å². The third kappa shape index (κ3) is 1.95. The Kier molecular flexibility index (Phi) is 3.73. The normalized spacial score (nSPS) is 20.9. The molecule has 0 saturated heterocycles. The monoisotopic (exact) mass is 238 g/mol. The van der Waals surface area contributed by atoms with Crippen LogP contribution in [-0.4, -0.2) is 36.1 Å². The van der Waals surface area contributed by atoms with E-state index in [0.717, 1.165) is 0 Å². The van der Waals surface area contributed by atoms with E-state index >= 15 is 0 Å². The van der Waals surface area contributed by atoms with Crippen molar-refractivity contribution in [3.8, 4) is 0 Å². The molecule has 17 heavy (non-hydrogen) atoms. The second-order valence-corrected chi connectivity index (χ2v) is 3.41. The number of ether oxygens (including phenoxy) is 2. The molecule has 1 aliphatic heterocycles. The molecule has 0 bridgehead atoms. The Morgan fingerprint density at radius 2 is 2.00 bits per heavy atom. The van der Waals surface area contributed by atoms with Gasteiger partial charge in [0.2, 0.25) is 5.70 Å². The number of methoxy groups -OCH3 is 2. The molecule has 1 rings (SSSR count). The van der Waals surface area contributed by atoms with Gasteiger partial charge in [-0.05, 0) is 6.58 Å². The molecule has 0 spiro atoms. The standard InChI is InChI=1S/C12H15NO4/c1-6-13-7(2)9(11(14)16-4)10(8(13)3)12(15)17-5/h6H,2H2,1,3-5H3/p+1/b11-9-,13-6?. The van der Waals surface area contributed by atoms with Crippen molar-refractivity contribution >= 4 is 12.2 Å². The first-order chi connectivity index (χ1) is 7.99. The number of carbonyl (C=O) groups is 1. The van der Waals surface area contributed by atoms with Gasteiger partial charge in [-0.15, -0.1) is 0 Å². The van der Waals surface area contributed by atoms with E-state index in [4.69, 9.17) is 9.47 Å². The number of hydrogen-bond donors (Lipinski definition) is 1. The first kappa shape index (κ1) is 13.0. The maximum Gasteiger partial charge on any atom is 0.345 e. The average Bonchev–Trinajstić information content (AvgIpc) is 2.58. The molecule has 0 amide bonds. The number of aliphatic hydroxyl groups excluding tert-OH is 1. The number of allylic oxidation sites excluding steroid dienone is 2. The van der Waals surface area contributed by atoms with Crippen molar-refractivity contribution in [2.75, 3.05) is 14.2 Å². The molecule has 0 saturated carbocycles. The van der Waals surface area contributed by atoms with Crippen LogP contribution < -0.4 is 0 Å². The predicted molar refractivity (Wildman–Crippen MR) is 62.5 cm³/mol. The quantitative estimate of drug-likeness (QED) is 0.450. The molecule has 5 heteroatoms. The summed E-state index contributed by atoms with van der Waals surface area (Å²) in [5.41, 5.74) is 1.64. The predicted octanol–water partition coefficient (Wildman–Crippen LogP) is 1.48. The topological polar surface area (TPSA) is 58.8 Å². The van der Waals surface area contributed by atoms with Crippen molar-refractivity contribution < 1.29 is 24.0 Å². The van der Waals surface area contributed by atoms with Crippen molar-refractivity contribution in [3.63, 3.8) is 0 Å². The lowest BCUT2D eigenvalue weighted by molar-refractivity contribution is -0.406. The molecular formula is C12H16NO4+. The lowest BCUT2D eigenvalue weighted by atomic mass is 10.1. The van der Waals surface area contributed by atoms with E-state index in [-0.39, 0.29) is 17.1 Å². The van der Waals surface area contributed by atoms with E-state index in [9.17, 15) is 9.90 Å². The van der Waals surface area contributed by atoms with Gasteiger partial charge >= 0.3 is 5.97 Å². The molecule has 0 fully saturated rings. The summed E-state index contributed by atoms with van der Waals surface area (Å²) in [4.78, 5) is 11.7. The highest BCUT2D eigenvalue weighted by molar-refractivity contribution is 5.96. The van der Waals surface area contributed by atoms with Gasteiger partial charge in [-0.1, -0.05) is 0 Å². The fourth-order valence-corrected chi connectivity index (χ4v) is 1.80. The van der Waals surface area contributed by atoms with E-state index in [0.29, 0.717) is 11.4 Å². The summed E-state index contributed by atoms with van der Waals surface area (Å²) in [5.74, 6) is -0.884. The Balaban J connectivity index is 3.52. The van der Waals surface area contributed by atoms with Gasteiger partial charge < -0.3 is 14.6 Å². The van der Waals surface area contributed by atoms with Gasteiger partial charge in [0.25, 0.3) is 5.95 Å². The molecule has 1 N–H and O–H groups in total. The fraction of sp³-hybridized carbons (Fsp3) is 0.333. The van der Waals surface area contributed by atoms with E-state index in [1.54, 1.807) is 24.6 Å². The van der Waals surface area contributed by atoms with Crippen molar-refractivity contribution in [1.82, 2.24) is 0 Å². The second kappa shape index (κ2) is 4.86. The lowest BCUT2D eigenvalue weighted by Crippen LogP contribution is -2.08. The summed E-state index contributed by atoms with van der Waals surface area (Å²) in [5, 5.41) is 9.69. The zero-order chi connectivity index (χ0) is 13.2. The minimum atomic E-state index is -0.536. The van der Waals surface area contributed by atoms with E-state index in [1.165, 1.54) is 14.2 Å². The van der Waals surface area contributed by atoms with Crippen molar-refractivity contribution in [2.24, 2.45) is 0 Å². The Hall–Kier alpha value is -2.04. The van der Waals surface area contributed by atoms with Gasteiger partial charge in [0, 0.05) is 13.8 Å². The zero-order valence-electron chi connectivity index (χ0n) is 10.4. The highest BCUT2D eigenvalue weighted by atomic mass is 16.6. The highest BCUT2D eigenvalue weighted by Gasteiger charge is 2.41. The van der Waals surface area contributed by atoms with Crippen LogP contribution in [0.5, 0.6) is 0 Å². The number of hydrogen-bond acceptors (Lipinski definition) is 4. The number of nitrogens with zero attached hydrogens (tertiary/aromatic N) is 1. The van der Waals surface area contributed by atoms with Gasteiger partial charge in [0.05, 0.1) is 14.2 Å². The van der Waals surface area contributed by atoms with Crippen LogP contribution in [0.1, 0.15) is 13.8 Å². The van der Waals surface area contributed by atoms with Crippen LogP contribution in [-0.2, 0) is 14.3 Å². The maximum absolute atomic E-state index is 11.7. The molecule has 5 nitrogen and oxygen atoms in total. The SMILES string of the molecule is C=C1/C(=C(\O)OC)C(C(=O)OC)=C(C)[N+]1=CC. The summed E-state index contributed by atoms with van der Waals surface area (Å²) >= 11 is 0. The third-order valence-corrected chi connectivity index (χ3v) is 2.61. The van der Waals surface area contributed by atoms with Crippen LogP contribution in [0.2, 0.25) is 0 Å². The zero-order valence-corrected chi connectivity index (χ0v) is 10.4. The summed E-state index contributed by atoms with van der Waals surface area (Å²) in [6, 6.07) is 0. The number of esters is 1. The molecule has 0 aliphatic carbocycles. The Morgan fingerprint density at radius 3 is 2.41 bits per heavy atom. The number of aliphatic hydroxyl groups is 1. The van der Waals surface area contributed by atoms with Gasteiger partial charge in [-0.3, -0.25) is 0 Å². The minimum absolute atomic E-state index is 0.259. The molecule has 0 aromatic carbocycles. The molecule has 0 atom stereocenters. The Morgan fingerprint density at radius 1 is 1.41 bits per heavy atom. The second-order valence-electron chi connectivity index (χ2n) is 3.41. The van der Waals surface area contributed by atoms with Gasteiger partial charge in [0.1, 0.15) is 17.4 Å². The molecule has 1 heterocycles. The number of rotatable bonds is 2. The summed E-state index contributed by atoms with van der Waals surface area (Å²) in [6.07, 6.45) is 1.75. The molecule has 1 aliphatic rings. The summed E-state index contributed by atoms with van der Waals surface area (Å²) in [7, 11) is 2.60. The van der Waals surface area contributed by atoms with Crippen LogP contribution in [0.25, 0.3) is 0 Å². The maximum atomic E-state index is 11.7. The summed E-state index contributed by atoms with van der Waals surface area (Å²) in [6.45, 7) is 7.37. The average molecular weight is 238 g/mol. The molecule has 0 aromatic heterocycles. The van der Waals surface area contributed by atoms with Crippen LogP contribution in [0.4, 0.5) is 0 Å². The van der Waals surface area contributed by atoms with E-state index in [2.05, 4.69) is 6.58 Å². The van der Waals surface area contributed by atoms with Crippen LogP contribution in [0.3, 0.4) is 0 Å². The van der Waals surface area contributed by atoms with Crippen LogP contribution in [0, 0.1) is 0 Å². The third-order valence-electron chi connectivity index (χ3n) is 2.61. The highest BCUT2D eigenvalue weighted by Crippen LogP contribution is 2.34. The van der Waals surface area contributed by atoms with Gasteiger partial charge in [-0.25, -0.2) is 4.79 Å². The van der Waals surface area contributed by atoms with Crippen molar-refractivity contribution in [2.45, 2.75) is 13.8 Å².